The van der Waals surface area contributed by atoms with Crippen LogP contribution < -0.4 is 5.32 Å². The Labute approximate surface area is 161 Å². The van der Waals surface area contributed by atoms with Crippen LogP contribution in [-0.2, 0) is 9.53 Å². The smallest absolute Gasteiger partial charge is 0.417 e. The van der Waals surface area contributed by atoms with Gasteiger partial charge in [-0.3, -0.25) is 9.69 Å². The normalized spacial score (nSPS) is 21.5. The predicted octanol–water partition coefficient (Wildman–Crippen LogP) is 3.24. The third kappa shape index (κ3) is 5.37. The van der Waals surface area contributed by atoms with Gasteiger partial charge in [-0.15, -0.1) is 0 Å². The summed E-state index contributed by atoms with van der Waals surface area (Å²) < 4.78 is 5.02. The number of ether oxygens (including phenoxy) is 1. The van der Waals surface area contributed by atoms with Crippen LogP contribution in [0.2, 0.25) is 0 Å². The summed E-state index contributed by atoms with van der Waals surface area (Å²) in [6.45, 7) is 6.88. The summed E-state index contributed by atoms with van der Waals surface area (Å²) in [6.07, 6.45) is 13.2. The first-order valence-corrected chi connectivity index (χ1v) is 10.1. The Hall–Kier alpha value is -2.24. The first-order chi connectivity index (χ1) is 13.1. The van der Waals surface area contributed by atoms with Gasteiger partial charge in [-0.1, -0.05) is 6.92 Å². The fourth-order valence-electron chi connectivity index (χ4n) is 3.66. The van der Waals surface area contributed by atoms with E-state index in [2.05, 4.69) is 17.1 Å². The van der Waals surface area contributed by atoms with Crippen LogP contribution >= 0.6 is 0 Å². The topological polar surface area (TPSA) is 61.9 Å². The van der Waals surface area contributed by atoms with Crippen molar-refractivity contribution in [2.24, 2.45) is 17.8 Å². The highest BCUT2D eigenvalue weighted by Crippen LogP contribution is 2.36. The summed E-state index contributed by atoms with van der Waals surface area (Å²) in [4.78, 5) is 28.0. The molecule has 0 aromatic heterocycles. The highest BCUT2D eigenvalue weighted by atomic mass is 16.5. The van der Waals surface area contributed by atoms with Crippen molar-refractivity contribution in [3.63, 3.8) is 0 Å². The number of hydrogen-bond donors (Lipinski definition) is 1. The van der Waals surface area contributed by atoms with E-state index in [4.69, 9.17) is 4.74 Å². The van der Waals surface area contributed by atoms with Crippen LogP contribution in [0, 0.1) is 17.8 Å². The summed E-state index contributed by atoms with van der Waals surface area (Å²) in [5.41, 5.74) is 1.05. The number of hydrogen-bond acceptors (Lipinski definition) is 4. The molecule has 0 bridgehead atoms. The van der Waals surface area contributed by atoms with Crippen molar-refractivity contribution in [3.05, 3.63) is 36.3 Å². The molecule has 1 saturated heterocycles. The van der Waals surface area contributed by atoms with Crippen molar-refractivity contribution >= 4 is 12.0 Å². The lowest BCUT2D eigenvalue weighted by molar-refractivity contribution is -0.126. The number of rotatable bonds is 6. The van der Waals surface area contributed by atoms with E-state index >= 15 is 0 Å². The minimum atomic E-state index is -0.379. The van der Waals surface area contributed by atoms with E-state index in [0.717, 1.165) is 44.1 Å². The maximum absolute atomic E-state index is 12.4. The Morgan fingerprint density at radius 3 is 2.63 bits per heavy atom. The molecular formula is C21H31N3O3. The lowest BCUT2D eigenvalue weighted by Crippen LogP contribution is -2.41. The molecule has 1 N–H and O–H groups in total. The molecule has 1 saturated carbocycles. The summed E-state index contributed by atoms with van der Waals surface area (Å²) in [5.74, 6) is 1.74. The third-order valence-electron chi connectivity index (χ3n) is 5.65. The van der Waals surface area contributed by atoms with Gasteiger partial charge >= 0.3 is 6.09 Å². The van der Waals surface area contributed by atoms with Gasteiger partial charge in [0.15, 0.2) is 0 Å². The number of nitrogens with zero attached hydrogens (tertiary/aromatic N) is 2. The average molecular weight is 373 g/mol. The SMILES string of the molecule is CCOC(=O)N1C=CC=C(N2CCC(C(=O)NCC(C)C3CC3)CC2)C=C1. The van der Waals surface area contributed by atoms with Crippen molar-refractivity contribution in [1.29, 1.82) is 0 Å². The van der Waals surface area contributed by atoms with Crippen LogP contribution in [0.5, 0.6) is 0 Å². The van der Waals surface area contributed by atoms with Crippen LogP contribution in [0.25, 0.3) is 0 Å². The van der Waals surface area contributed by atoms with Gasteiger partial charge in [0.1, 0.15) is 0 Å². The molecular weight excluding hydrogens is 342 g/mol. The summed E-state index contributed by atoms with van der Waals surface area (Å²) >= 11 is 0. The first kappa shape index (κ1) is 19.5. The summed E-state index contributed by atoms with van der Waals surface area (Å²) in [7, 11) is 0. The largest absolute Gasteiger partial charge is 0.449 e. The van der Waals surface area contributed by atoms with Crippen molar-refractivity contribution in [2.45, 2.75) is 39.5 Å². The molecule has 148 valence electrons. The van der Waals surface area contributed by atoms with Crippen LogP contribution in [0.1, 0.15) is 39.5 Å². The second-order valence-electron chi connectivity index (χ2n) is 7.68. The zero-order valence-corrected chi connectivity index (χ0v) is 16.4. The molecule has 1 aliphatic carbocycles. The second kappa shape index (κ2) is 9.11. The van der Waals surface area contributed by atoms with Gasteiger partial charge in [-0.25, -0.2) is 4.79 Å². The van der Waals surface area contributed by atoms with Crippen LogP contribution in [-0.4, -0.2) is 48.0 Å². The predicted molar refractivity (Wildman–Crippen MR) is 104 cm³/mol. The Kier molecular flexibility index (Phi) is 6.58. The van der Waals surface area contributed by atoms with Crippen LogP contribution in [0.4, 0.5) is 4.79 Å². The number of likely N-dealkylation sites (tertiary alicyclic amines) is 1. The standard InChI is InChI=1S/C21H31N3O3/c1-3-27-21(26)24-11-4-5-19(10-14-24)23-12-8-18(9-13-23)20(25)22-15-16(2)17-6-7-17/h4-5,10-11,14,16-18H,3,6-9,12-13,15H2,1-2H3,(H,22,25). The van der Waals surface area contributed by atoms with Crippen molar-refractivity contribution < 1.29 is 14.3 Å². The molecule has 1 unspecified atom stereocenters. The van der Waals surface area contributed by atoms with Crippen molar-refractivity contribution in [2.75, 3.05) is 26.2 Å². The minimum Gasteiger partial charge on any atom is -0.449 e. The molecule has 6 heteroatoms. The molecule has 3 aliphatic rings. The highest BCUT2D eigenvalue weighted by Gasteiger charge is 2.30. The first-order valence-electron chi connectivity index (χ1n) is 10.1. The van der Waals surface area contributed by atoms with E-state index in [1.165, 1.54) is 17.7 Å². The van der Waals surface area contributed by atoms with Crippen LogP contribution in [0.15, 0.2) is 36.3 Å². The molecule has 3 rings (SSSR count). The number of amides is 2. The maximum atomic E-state index is 12.4. The van der Waals surface area contributed by atoms with Gasteiger partial charge in [0, 0.05) is 43.6 Å². The number of piperidine rings is 1. The molecule has 0 spiro atoms. The summed E-state index contributed by atoms with van der Waals surface area (Å²) in [6, 6.07) is 0. The summed E-state index contributed by atoms with van der Waals surface area (Å²) in [5, 5.41) is 3.15. The Bertz CT molecular complexity index is 629. The lowest BCUT2D eigenvalue weighted by atomic mass is 9.95. The van der Waals surface area contributed by atoms with Crippen molar-refractivity contribution in [3.8, 4) is 0 Å². The van der Waals surface area contributed by atoms with Gasteiger partial charge < -0.3 is 15.0 Å². The Morgan fingerprint density at radius 2 is 1.96 bits per heavy atom. The number of carbonyl (C=O) groups excluding carboxylic acids is 2. The van der Waals surface area contributed by atoms with E-state index in [9.17, 15) is 9.59 Å². The molecule has 0 aromatic carbocycles. The van der Waals surface area contributed by atoms with Gasteiger partial charge in [0.25, 0.3) is 0 Å². The molecule has 0 radical (unpaired) electrons. The Morgan fingerprint density at radius 1 is 1.22 bits per heavy atom. The van der Waals surface area contributed by atoms with E-state index in [1.54, 1.807) is 19.3 Å². The van der Waals surface area contributed by atoms with Gasteiger partial charge in [0.2, 0.25) is 5.91 Å². The zero-order valence-electron chi connectivity index (χ0n) is 16.4. The molecule has 2 amide bonds. The van der Waals surface area contributed by atoms with E-state index in [-0.39, 0.29) is 17.9 Å². The maximum Gasteiger partial charge on any atom is 0.417 e. The van der Waals surface area contributed by atoms with Crippen molar-refractivity contribution in [1.82, 2.24) is 15.1 Å². The molecule has 0 aromatic rings. The fraction of sp³-hybridized carbons (Fsp3) is 0.619. The van der Waals surface area contributed by atoms with E-state index in [0.29, 0.717) is 12.5 Å². The molecule has 2 aliphatic heterocycles. The van der Waals surface area contributed by atoms with E-state index < -0.39 is 0 Å². The van der Waals surface area contributed by atoms with Gasteiger partial charge in [-0.2, -0.15) is 0 Å². The third-order valence-corrected chi connectivity index (χ3v) is 5.65. The quantitative estimate of drug-likeness (QED) is 0.776. The number of allylic oxidation sites excluding steroid dienone is 3. The van der Waals surface area contributed by atoms with Gasteiger partial charge in [0.05, 0.1) is 6.61 Å². The lowest BCUT2D eigenvalue weighted by Gasteiger charge is -2.33. The average Bonchev–Trinajstić information content (AvgIpc) is 3.53. The van der Waals surface area contributed by atoms with E-state index in [1.807, 2.05) is 18.2 Å². The molecule has 27 heavy (non-hydrogen) atoms. The Balaban J connectivity index is 1.45. The monoisotopic (exact) mass is 373 g/mol. The van der Waals surface area contributed by atoms with Gasteiger partial charge in [-0.05, 0) is 62.7 Å². The zero-order chi connectivity index (χ0) is 19.2. The number of nitrogens with one attached hydrogen (secondary N) is 1. The minimum absolute atomic E-state index is 0.106. The van der Waals surface area contributed by atoms with Crippen LogP contribution in [0.3, 0.4) is 0 Å². The molecule has 2 heterocycles. The fourth-order valence-corrected chi connectivity index (χ4v) is 3.66. The highest BCUT2D eigenvalue weighted by molar-refractivity contribution is 5.78. The molecule has 1 atom stereocenters. The number of carbonyl (C=O) groups is 2. The molecule has 6 nitrogen and oxygen atoms in total. The molecule has 2 fully saturated rings. The second-order valence-corrected chi connectivity index (χ2v) is 7.68.